The van der Waals surface area contributed by atoms with Gasteiger partial charge in [-0.3, -0.25) is 9.59 Å². The molecular formula is C22H24FN5O2. The first kappa shape index (κ1) is 19.9. The Morgan fingerprint density at radius 3 is 2.63 bits per heavy atom. The molecule has 1 aromatic carbocycles. The van der Waals surface area contributed by atoms with E-state index >= 15 is 0 Å². The maximum atomic E-state index is 13.3. The number of halogens is 1. The van der Waals surface area contributed by atoms with Crippen molar-refractivity contribution in [2.45, 2.75) is 31.7 Å². The number of carbonyl (C=O) groups is 2. The molecule has 0 bridgehead atoms. The lowest BCUT2D eigenvalue weighted by atomic mass is 10.0. The number of aromatic nitrogens is 2. The molecule has 30 heavy (non-hydrogen) atoms. The van der Waals surface area contributed by atoms with Crippen LogP contribution < -0.4 is 11.1 Å². The second kappa shape index (κ2) is 8.52. The van der Waals surface area contributed by atoms with Crippen molar-refractivity contribution in [3.8, 4) is 0 Å². The molecule has 1 aliphatic rings. The number of H-pyrrole nitrogens is 1. The van der Waals surface area contributed by atoms with Gasteiger partial charge < -0.3 is 20.9 Å². The summed E-state index contributed by atoms with van der Waals surface area (Å²) in [5, 5.41) is 3.63. The summed E-state index contributed by atoms with van der Waals surface area (Å²) in [5.41, 5.74) is 7.50. The van der Waals surface area contributed by atoms with Crippen molar-refractivity contribution in [1.29, 1.82) is 0 Å². The minimum absolute atomic E-state index is 0.116. The number of benzene rings is 1. The predicted molar refractivity (Wildman–Crippen MR) is 112 cm³/mol. The van der Waals surface area contributed by atoms with Crippen LogP contribution in [0.3, 0.4) is 0 Å². The van der Waals surface area contributed by atoms with Gasteiger partial charge in [0.2, 0.25) is 5.91 Å². The number of nitrogens with zero attached hydrogens (tertiary/aromatic N) is 2. The molecule has 156 valence electrons. The summed E-state index contributed by atoms with van der Waals surface area (Å²) in [6, 6.07) is 8.60. The summed E-state index contributed by atoms with van der Waals surface area (Å²) in [6.45, 7) is 1.37. The fourth-order valence-corrected chi connectivity index (χ4v) is 3.80. The van der Waals surface area contributed by atoms with Gasteiger partial charge in [0.25, 0.3) is 5.91 Å². The third-order valence-corrected chi connectivity index (χ3v) is 5.40. The molecule has 0 radical (unpaired) electrons. The molecule has 0 spiro atoms. The van der Waals surface area contributed by atoms with E-state index in [0.717, 1.165) is 30.2 Å². The van der Waals surface area contributed by atoms with E-state index in [2.05, 4.69) is 15.3 Å². The van der Waals surface area contributed by atoms with Crippen LogP contribution in [0.15, 0.2) is 42.6 Å². The lowest BCUT2D eigenvalue weighted by Crippen LogP contribution is -2.51. The lowest BCUT2D eigenvalue weighted by molar-refractivity contribution is -0.134. The molecule has 1 atom stereocenters. The van der Waals surface area contributed by atoms with Gasteiger partial charge >= 0.3 is 0 Å². The smallest absolute Gasteiger partial charge is 0.268 e. The summed E-state index contributed by atoms with van der Waals surface area (Å²) in [7, 11) is 0. The van der Waals surface area contributed by atoms with Crippen molar-refractivity contribution in [3.05, 3.63) is 59.7 Å². The second-order valence-electron chi connectivity index (χ2n) is 7.62. The number of fused-ring (bicyclic) bond motifs is 1. The van der Waals surface area contributed by atoms with E-state index in [0.29, 0.717) is 30.1 Å². The number of pyridine rings is 1. The van der Waals surface area contributed by atoms with Gasteiger partial charge in [0.1, 0.15) is 23.4 Å². The summed E-state index contributed by atoms with van der Waals surface area (Å²) < 4.78 is 13.3. The molecule has 3 aromatic rings. The van der Waals surface area contributed by atoms with Gasteiger partial charge in [-0.25, -0.2) is 9.37 Å². The quantitative estimate of drug-likeness (QED) is 0.603. The number of hydrogen-bond acceptors (Lipinski definition) is 4. The maximum Gasteiger partial charge on any atom is 0.268 e. The van der Waals surface area contributed by atoms with Crippen LogP contribution >= 0.6 is 0 Å². The molecule has 1 aliphatic heterocycles. The van der Waals surface area contributed by atoms with Crippen molar-refractivity contribution in [3.63, 3.8) is 0 Å². The SMILES string of the molecule is Nc1cc2cc(C(=O)N[C@@H](Cc3ccc(F)cc3)C(=O)N3CCCCC3)[nH]c2cn1. The molecule has 4 N–H and O–H groups in total. The molecule has 0 unspecified atom stereocenters. The predicted octanol–water partition coefficient (Wildman–Crippen LogP) is 2.64. The van der Waals surface area contributed by atoms with E-state index in [4.69, 9.17) is 5.73 Å². The van der Waals surface area contributed by atoms with E-state index < -0.39 is 6.04 Å². The number of nitrogens with one attached hydrogen (secondary N) is 2. The number of piperidine rings is 1. The molecule has 1 fully saturated rings. The first-order chi connectivity index (χ1) is 14.5. The molecule has 0 aliphatic carbocycles. The number of amides is 2. The first-order valence-electron chi connectivity index (χ1n) is 10.1. The maximum absolute atomic E-state index is 13.3. The summed E-state index contributed by atoms with van der Waals surface area (Å²) in [6.07, 6.45) is 4.87. The van der Waals surface area contributed by atoms with Gasteiger partial charge in [-0.05, 0) is 49.1 Å². The highest BCUT2D eigenvalue weighted by atomic mass is 19.1. The fraction of sp³-hybridized carbons (Fsp3) is 0.318. The summed E-state index contributed by atoms with van der Waals surface area (Å²) in [5.74, 6) is -0.479. The van der Waals surface area contributed by atoms with Crippen molar-refractivity contribution in [2.75, 3.05) is 18.8 Å². The Labute approximate surface area is 173 Å². The second-order valence-corrected chi connectivity index (χ2v) is 7.62. The van der Waals surface area contributed by atoms with Gasteiger partial charge in [0.15, 0.2) is 0 Å². The van der Waals surface area contributed by atoms with Crippen LogP contribution in [0.1, 0.15) is 35.3 Å². The topological polar surface area (TPSA) is 104 Å². The summed E-state index contributed by atoms with van der Waals surface area (Å²) >= 11 is 0. The Morgan fingerprint density at radius 2 is 1.90 bits per heavy atom. The Balaban J connectivity index is 1.56. The van der Waals surface area contributed by atoms with Crippen LogP contribution in [0.2, 0.25) is 0 Å². The van der Waals surface area contributed by atoms with E-state index in [9.17, 15) is 14.0 Å². The zero-order valence-corrected chi connectivity index (χ0v) is 16.5. The van der Waals surface area contributed by atoms with Crippen LogP contribution in [-0.4, -0.2) is 45.8 Å². The number of anilines is 1. The normalized spacial score (nSPS) is 15.2. The van der Waals surface area contributed by atoms with Crippen LogP contribution in [0.4, 0.5) is 10.2 Å². The zero-order valence-electron chi connectivity index (χ0n) is 16.5. The van der Waals surface area contributed by atoms with Crippen LogP contribution in [0.25, 0.3) is 10.9 Å². The number of rotatable bonds is 5. The molecule has 7 nitrogen and oxygen atoms in total. The Hall–Kier alpha value is -3.42. The minimum atomic E-state index is -0.740. The van der Waals surface area contributed by atoms with Crippen LogP contribution in [0.5, 0.6) is 0 Å². The average molecular weight is 409 g/mol. The van der Waals surface area contributed by atoms with E-state index in [1.165, 1.54) is 12.1 Å². The van der Waals surface area contributed by atoms with Gasteiger partial charge in [-0.1, -0.05) is 12.1 Å². The van der Waals surface area contributed by atoms with E-state index in [-0.39, 0.29) is 24.1 Å². The first-order valence-corrected chi connectivity index (χ1v) is 10.1. The fourth-order valence-electron chi connectivity index (χ4n) is 3.80. The summed E-state index contributed by atoms with van der Waals surface area (Å²) in [4.78, 5) is 34.9. The van der Waals surface area contributed by atoms with Crippen molar-refractivity contribution >= 4 is 28.5 Å². The molecule has 0 saturated carbocycles. The Kier molecular flexibility index (Phi) is 5.65. The van der Waals surface area contributed by atoms with Gasteiger partial charge in [-0.15, -0.1) is 0 Å². The van der Waals surface area contributed by atoms with Gasteiger partial charge in [-0.2, -0.15) is 0 Å². The molecule has 2 amide bonds. The van der Waals surface area contributed by atoms with E-state index in [1.54, 1.807) is 35.4 Å². The van der Waals surface area contributed by atoms with Crippen molar-refractivity contribution in [1.82, 2.24) is 20.2 Å². The number of hydrogen-bond donors (Lipinski definition) is 3. The van der Waals surface area contributed by atoms with Crippen molar-refractivity contribution in [2.24, 2.45) is 0 Å². The highest BCUT2D eigenvalue weighted by Gasteiger charge is 2.28. The lowest BCUT2D eigenvalue weighted by Gasteiger charge is -2.30. The number of nitrogens with two attached hydrogens (primary N) is 1. The zero-order chi connectivity index (χ0) is 21.1. The average Bonchev–Trinajstić information content (AvgIpc) is 3.18. The number of carbonyl (C=O) groups excluding carboxylic acids is 2. The molecule has 3 heterocycles. The van der Waals surface area contributed by atoms with Crippen molar-refractivity contribution < 1.29 is 14.0 Å². The highest BCUT2D eigenvalue weighted by Crippen LogP contribution is 2.18. The Morgan fingerprint density at radius 1 is 1.17 bits per heavy atom. The van der Waals surface area contributed by atoms with Crippen LogP contribution in [-0.2, 0) is 11.2 Å². The van der Waals surface area contributed by atoms with Gasteiger partial charge in [0.05, 0.1) is 11.7 Å². The monoisotopic (exact) mass is 409 g/mol. The largest absolute Gasteiger partial charge is 0.384 e. The molecule has 2 aromatic heterocycles. The third kappa shape index (κ3) is 4.42. The highest BCUT2D eigenvalue weighted by molar-refractivity contribution is 6.00. The number of nitrogen functional groups attached to an aromatic ring is 1. The molecule has 1 saturated heterocycles. The molecule has 8 heteroatoms. The number of aromatic amines is 1. The minimum Gasteiger partial charge on any atom is -0.384 e. The number of likely N-dealkylation sites (tertiary alicyclic amines) is 1. The standard InChI is InChI=1S/C22H24FN5O2/c23-16-6-4-14(5-7-16)10-18(22(30)28-8-2-1-3-9-28)27-21(29)17-11-15-12-20(24)25-13-19(15)26-17/h4-7,11-13,18,26H,1-3,8-10H2,(H2,24,25)(H,27,29)/t18-/m0/s1. The van der Waals surface area contributed by atoms with Crippen LogP contribution in [0, 0.1) is 5.82 Å². The molecular weight excluding hydrogens is 385 g/mol. The van der Waals surface area contributed by atoms with Gasteiger partial charge in [0, 0.05) is 24.9 Å². The third-order valence-electron chi connectivity index (χ3n) is 5.40. The Bertz CT molecular complexity index is 1060. The molecule has 4 rings (SSSR count). The van der Waals surface area contributed by atoms with E-state index in [1.807, 2.05) is 0 Å².